The fraction of sp³-hybridized carbons (Fsp3) is 1.00. The van der Waals surface area contributed by atoms with E-state index in [0.29, 0.717) is 0 Å². The van der Waals surface area contributed by atoms with E-state index < -0.39 is 66.2 Å². The summed E-state index contributed by atoms with van der Waals surface area (Å²) in [7, 11) is -0.817. The summed E-state index contributed by atoms with van der Waals surface area (Å²) in [6.45, 7) is 4.37. The second-order valence-electron chi connectivity index (χ2n) is 8.43. The predicted molar refractivity (Wildman–Crippen MR) is 116 cm³/mol. The lowest BCUT2D eigenvalue weighted by Crippen LogP contribution is -2.66. The first kappa shape index (κ1) is 38.6. The molecule has 0 aliphatic carbocycles. The molecule has 0 amide bonds. The Morgan fingerprint density at radius 3 is 1.32 bits per heavy atom. The highest BCUT2D eigenvalue weighted by atomic mass is 28.4. The summed E-state index contributed by atoms with van der Waals surface area (Å²) in [4.78, 5) is 0. The minimum atomic E-state index is -7.16. The van der Waals surface area contributed by atoms with Crippen molar-refractivity contribution >= 4 is 17.1 Å². The first-order valence-electron chi connectivity index (χ1n) is 10.9. The molecular formula is C19H34F12O4Si2. The van der Waals surface area contributed by atoms with E-state index in [0.717, 1.165) is 26.1 Å². The smallest absolute Gasteiger partial charge is 0.392 e. The molecule has 0 radical (unpaired) electrons. The molecule has 0 bridgehead atoms. The second-order valence-corrected chi connectivity index (χ2v) is 15.5. The molecule has 0 aliphatic heterocycles. The van der Waals surface area contributed by atoms with E-state index in [1.165, 1.54) is 6.92 Å². The lowest BCUT2D eigenvalue weighted by Gasteiger charge is -2.38. The molecule has 0 aromatic heterocycles. The number of hydrogen-bond acceptors (Lipinski definition) is 4. The van der Waals surface area contributed by atoms with Gasteiger partial charge in [0, 0.05) is 21.3 Å². The lowest BCUT2D eigenvalue weighted by molar-refractivity contribution is -0.381. The summed E-state index contributed by atoms with van der Waals surface area (Å²) in [5, 5.41) is 0. The Bertz CT molecular complexity index is 663. The summed E-state index contributed by atoms with van der Waals surface area (Å²) in [5.41, 5.74) is 0. The minimum absolute atomic E-state index is 0.0458. The molecule has 2 atom stereocenters. The maximum Gasteiger partial charge on any atom is 0.392 e. The third-order valence-corrected chi connectivity index (χ3v) is 11.5. The number of alkyl halides is 12. The highest BCUT2D eigenvalue weighted by Crippen LogP contribution is 2.55. The molecule has 0 spiro atoms. The van der Waals surface area contributed by atoms with Crippen LogP contribution in [0.5, 0.6) is 0 Å². The third kappa shape index (κ3) is 10.5. The maximum atomic E-state index is 13.7. The van der Waals surface area contributed by atoms with Crippen LogP contribution >= 0.6 is 0 Å². The number of hydrogen-bond donors (Lipinski definition) is 0. The van der Waals surface area contributed by atoms with Crippen LogP contribution in [0.25, 0.3) is 0 Å². The largest absolute Gasteiger partial charge is 0.398 e. The fourth-order valence-corrected chi connectivity index (χ4v) is 6.07. The van der Waals surface area contributed by atoms with Crippen molar-refractivity contribution in [2.75, 3.05) is 27.9 Å². The van der Waals surface area contributed by atoms with Crippen LogP contribution in [0.2, 0.25) is 25.2 Å². The Balaban J connectivity index is 0. The van der Waals surface area contributed by atoms with Gasteiger partial charge in [-0.05, 0) is 25.2 Å². The monoisotopic (exact) mass is 610 g/mol. The molecule has 0 saturated heterocycles. The van der Waals surface area contributed by atoms with Crippen LogP contribution in [-0.2, 0) is 17.7 Å². The zero-order valence-corrected chi connectivity index (χ0v) is 23.5. The van der Waals surface area contributed by atoms with Gasteiger partial charge in [0.2, 0.25) is 0 Å². The van der Waals surface area contributed by atoms with Crippen molar-refractivity contribution in [3.8, 4) is 0 Å². The average Bonchev–Trinajstić information content (AvgIpc) is 2.77. The summed E-state index contributed by atoms with van der Waals surface area (Å²) in [6, 6.07) is 1.04. The molecule has 0 rings (SSSR count). The molecule has 0 saturated carbocycles. The third-order valence-electron chi connectivity index (χ3n) is 5.34. The topological polar surface area (TPSA) is 36.9 Å². The molecule has 0 fully saturated rings. The Kier molecular flexibility index (Phi) is 14.8. The summed E-state index contributed by atoms with van der Waals surface area (Å²) < 4.78 is 177. The highest BCUT2D eigenvalue weighted by molar-refractivity contribution is 6.66. The molecule has 0 aromatic rings. The van der Waals surface area contributed by atoms with Crippen LogP contribution in [0, 0.1) is 0 Å². The van der Waals surface area contributed by atoms with Crippen molar-refractivity contribution in [3.63, 3.8) is 0 Å². The van der Waals surface area contributed by atoms with Gasteiger partial charge in [0.05, 0.1) is 6.42 Å². The molecule has 18 heteroatoms. The van der Waals surface area contributed by atoms with Crippen LogP contribution in [0.4, 0.5) is 52.7 Å². The summed E-state index contributed by atoms with van der Waals surface area (Å²) in [6.07, 6.45) is -12.5. The quantitative estimate of drug-likeness (QED) is 0.141. The fourth-order valence-electron chi connectivity index (χ4n) is 2.73. The first-order chi connectivity index (χ1) is 16.4. The Labute approximate surface area is 210 Å². The van der Waals surface area contributed by atoms with E-state index in [2.05, 4.69) is 17.9 Å². The molecule has 0 aromatic carbocycles. The molecule has 226 valence electrons. The van der Waals surface area contributed by atoms with E-state index in [1.54, 1.807) is 14.2 Å². The van der Waals surface area contributed by atoms with Gasteiger partial charge in [0.1, 0.15) is 6.61 Å². The van der Waals surface area contributed by atoms with Crippen molar-refractivity contribution in [1.82, 2.24) is 0 Å². The Hall–Kier alpha value is -0.566. The number of halogens is 12. The zero-order valence-electron chi connectivity index (χ0n) is 21.5. The SMILES string of the molecule is CCC[Si](C)(OC)OC.CCC[Si](C)(OC)OCC(F)(F)C(F)(F)C(F)(F)C(F)(F)C(F)CC(F)(F)F. The first-order valence-corrected chi connectivity index (χ1v) is 15.9. The maximum absolute atomic E-state index is 13.7. The second kappa shape index (κ2) is 14.2. The van der Waals surface area contributed by atoms with Crippen molar-refractivity contribution in [3.05, 3.63) is 0 Å². The van der Waals surface area contributed by atoms with Gasteiger partial charge < -0.3 is 17.7 Å². The van der Waals surface area contributed by atoms with E-state index in [9.17, 15) is 52.7 Å². The molecule has 37 heavy (non-hydrogen) atoms. The highest BCUT2D eigenvalue weighted by Gasteiger charge is 2.82. The van der Waals surface area contributed by atoms with Crippen LogP contribution in [0.3, 0.4) is 0 Å². The van der Waals surface area contributed by atoms with Gasteiger partial charge in [-0.3, -0.25) is 0 Å². The Morgan fingerprint density at radius 2 is 1.03 bits per heavy atom. The molecule has 0 N–H and O–H groups in total. The zero-order chi connectivity index (χ0) is 30.1. The van der Waals surface area contributed by atoms with E-state index in [1.807, 2.05) is 0 Å². The molecule has 2 unspecified atom stereocenters. The van der Waals surface area contributed by atoms with Gasteiger partial charge in [0.25, 0.3) is 0 Å². The molecule has 4 nitrogen and oxygen atoms in total. The summed E-state index contributed by atoms with van der Waals surface area (Å²) >= 11 is 0. The van der Waals surface area contributed by atoms with Crippen molar-refractivity contribution < 1.29 is 70.4 Å². The number of rotatable bonds is 15. The molecule has 0 aliphatic rings. The van der Waals surface area contributed by atoms with Gasteiger partial charge in [-0.15, -0.1) is 0 Å². The normalized spacial score (nSPS) is 16.6. The molecule has 0 heterocycles. The Morgan fingerprint density at radius 1 is 0.649 bits per heavy atom. The van der Waals surface area contributed by atoms with Gasteiger partial charge in [0.15, 0.2) is 6.17 Å². The standard InChI is InChI=1S/C13H18F12O2Si.C6H16O2Si/c1-4-5-28(3,26-2)27-7-9(15,16)12(22,23)13(24,25)11(20,21)8(14)6-10(17,18)19;1-5-6-9(4,7-2)8-3/h8H,4-7H2,1-3H3;5-6H2,1-4H3. The van der Waals surface area contributed by atoms with Gasteiger partial charge in [-0.25, -0.2) is 4.39 Å². The van der Waals surface area contributed by atoms with E-state index >= 15 is 0 Å². The van der Waals surface area contributed by atoms with Crippen molar-refractivity contribution in [1.29, 1.82) is 0 Å². The summed E-state index contributed by atoms with van der Waals surface area (Å²) in [5.74, 6) is -26.8. The van der Waals surface area contributed by atoms with Gasteiger partial charge >= 0.3 is 47.0 Å². The van der Waals surface area contributed by atoms with Crippen molar-refractivity contribution in [2.45, 2.75) is 94.3 Å². The van der Waals surface area contributed by atoms with Crippen LogP contribution in [0.1, 0.15) is 33.1 Å². The van der Waals surface area contributed by atoms with Gasteiger partial charge in [-0.1, -0.05) is 26.7 Å². The average molecular weight is 611 g/mol. The van der Waals surface area contributed by atoms with E-state index in [4.69, 9.17) is 13.3 Å². The lowest BCUT2D eigenvalue weighted by atomic mass is 9.94. The van der Waals surface area contributed by atoms with Crippen LogP contribution < -0.4 is 0 Å². The van der Waals surface area contributed by atoms with E-state index in [-0.39, 0.29) is 12.5 Å². The van der Waals surface area contributed by atoms with Gasteiger partial charge in [-0.2, -0.15) is 48.3 Å². The van der Waals surface area contributed by atoms with Crippen LogP contribution in [-0.4, -0.2) is 81.1 Å². The minimum Gasteiger partial charge on any atom is -0.398 e. The predicted octanol–water partition coefficient (Wildman–Crippen LogP) is 7.72. The van der Waals surface area contributed by atoms with Crippen molar-refractivity contribution in [2.24, 2.45) is 0 Å². The molecular weight excluding hydrogens is 576 g/mol. The van der Waals surface area contributed by atoms with Crippen LogP contribution in [0.15, 0.2) is 0 Å².